The van der Waals surface area contributed by atoms with Crippen LogP contribution in [0, 0.1) is 0 Å². The quantitative estimate of drug-likeness (QED) is 0.866. The summed E-state index contributed by atoms with van der Waals surface area (Å²) in [5.74, 6) is -0.291. The van der Waals surface area contributed by atoms with E-state index in [1.165, 1.54) is 6.07 Å². The molecule has 2 unspecified atom stereocenters. The number of carbonyl (C=O) groups excluding carboxylic acids is 1. The summed E-state index contributed by atoms with van der Waals surface area (Å²) in [5.41, 5.74) is 0.364. The number of carbonyl (C=O) groups is 1. The molecular formula is C12H12Cl2N4OS. The summed E-state index contributed by atoms with van der Waals surface area (Å²) in [7, 11) is 1.78. The normalized spacial score (nSPS) is 19.3. The van der Waals surface area contributed by atoms with Crippen molar-refractivity contribution in [1.29, 1.82) is 0 Å². The molecule has 1 heterocycles. The van der Waals surface area contributed by atoms with Crippen molar-refractivity contribution in [2.24, 2.45) is 10.2 Å². The molecule has 5 nitrogen and oxygen atoms in total. The molecule has 1 amide bonds. The van der Waals surface area contributed by atoms with Crippen molar-refractivity contribution >= 4 is 46.4 Å². The van der Waals surface area contributed by atoms with E-state index in [1.54, 1.807) is 24.1 Å². The number of halogens is 2. The molecule has 1 aliphatic rings. The zero-order valence-corrected chi connectivity index (χ0v) is 13.1. The van der Waals surface area contributed by atoms with Gasteiger partial charge in [0.05, 0.1) is 16.6 Å². The molecule has 2 atom stereocenters. The first-order valence-corrected chi connectivity index (χ1v) is 7.00. The van der Waals surface area contributed by atoms with Gasteiger partial charge in [-0.05, 0) is 37.3 Å². The van der Waals surface area contributed by atoms with Crippen molar-refractivity contribution in [3.8, 4) is 0 Å². The van der Waals surface area contributed by atoms with E-state index in [4.69, 9.17) is 35.4 Å². The maximum Gasteiger partial charge on any atom is 0.253 e. The lowest BCUT2D eigenvalue weighted by Crippen LogP contribution is -2.46. The second-order valence-electron chi connectivity index (χ2n) is 4.41. The fourth-order valence-corrected chi connectivity index (χ4v) is 2.49. The molecule has 0 saturated heterocycles. The number of azo groups is 1. The van der Waals surface area contributed by atoms with Crippen molar-refractivity contribution in [1.82, 2.24) is 10.2 Å². The van der Waals surface area contributed by atoms with Gasteiger partial charge in [0.1, 0.15) is 0 Å². The van der Waals surface area contributed by atoms with Gasteiger partial charge in [-0.2, -0.15) is 5.11 Å². The molecule has 0 saturated carbocycles. The molecule has 0 aliphatic carbocycles. The van der Waals surface area contributed by atoms with E-state index in [9.17, 15) is 4.79 Å². The van der Waals surface area contributed by atoms with E-state index in [2.05, 4.69) is 15.5 Å². The van der Waals surface area contributed by atoms with Crippen LogP contribution in [0.15, 0.2) is 28.4 Å². The lowest BCUT2D eigenvalue weighted by Gasteiger charge is -2.24. The number of hydrogen-bond donors (Lipinski definition) is 1. The van der Waals surface area contributed by atoms with Crippen molar-refractivity contribution in [3.63, 3.8) is 0 Å². The van der Waals surface area contributed by atoms with Crippen LogP contribution in [0.1, 0.15) is 17.3 Å². The van der Waals surface area contributed by atoms with Gasteiger partial charge in [-0.1, -0.05) is 23.2 Å². The van der Waals surface area contributed by atoms with Gasteiger partial charge in [0.25, 0.3) is 5.91 Å². The van der Waals surface area contributed by atoms with Gasteiger partial charge in [-0.15, -0.1) is 5.11 Å². The van der Waals surface area contributed by atoms with Gasteiger partial charge in [0.15, 0.2) is 6.17 Å². The topological polar surface area (TPSA) is 57.1 Å². The van der Waals surface area contributed by atoms with Crippen molar-refractivity contribution in [2.45, 2.75) is 19.1 Å². The third-order valence-corrected chi connectivity index (χ3v) is 3.86. The molecule has 106 valence electrons. The highest BCUT2D eigenvalue weighted by Crippen LogP contribution is 2.21. The molecule has 0 radical (unpaired) electrons. The summed E-state index contributed by atoms with van der Waals surface area (Å²) in [6, 6.07) is 4.46. The predicted molar refractivity (Wildman–Crippen MR) is 82.4 cm³/mol. The zero-order chi connectivity index (χ0) is 14.9. The number of nitrogens with zero attached hydrogens (tertiary/aromatic N) is 3. The molecule has 1 aromatic rings. The molecule has 1 N–H and O–H groups in total. The third-order valence-electron chi connectivity index (χ3n) is 2.94. The monoisotopic (exact) mass is 330 g/mol. The fraction of sp³-hybridized carbons (Fsp3) is 0.333. The highest BCUT2D eigenvalue weighted by Gasteiger charge is 2.29. The van der Waals surface area contributed by atoms with Crippen LogP contribution in [0.3, 0.4) is 0 Å². The summed E-state index contributed by atoms with van der Waals surface area (Å²) >= 11 is 16.8. The summed E-state index contributed by atoms with van der Waals surface area (Å²) < 4.78 is 0. The number of rotatable bonds is 3. The molecule has 0 fully saturated rings. The van der Waals surface area contributed by atoms with Crippen molar-refractivity contribution in [3.05, 3.63) is 33.8 Å². The second kappa shape index (κ2) is 6.03. The molecular weight excluding hydrogens is 319 g/mol. The zero-order valence-electron chi connectivity index (χ0n) is 10.8. The van der Waals surface area contributed by atoms with Crippen LogP contribution in [-0.4, -0.2) is 35.2 Å². The lowest BCUT2D eigenvalue weighted by molar-refractivity contribution is 0.0925. The number of hydrogen-bond acceptors (Lipinski definition) is 3. The molecule has 1 aromatic carbocycles. The minimum absolute atomic E-state index is 0.261. The maximum atomic E-state index is 12.2. The Morgan fingerprint density at radius 2 is 2.20 bits per heavy atom. The Morgan fingerprint density at radius 3 is 2.75 bits per heavy atom. The summed E-state index contributed by atoms with van der Waals surface area (Å²) in [6.07, 6.45) is -0.308. The summed E-state index contributed by atoms with van der Waals surface area (Å²) in [6.45, 7) is 1.83. The average molecular weight is 331 g/mol. The van der Waals surface area contributed by atoms with E-state index in [0.717, 1.165) is 0 Å². The lowest BCUT2D eigenvalue weighted by atomic mass is 10.2. The van der Waals surface area contributed by atoms with Crippen LogP contribution in [0.25, 0.3) is 0 Å². The molecule has 8 heteroatoms. The first kappa shape index (κ1) is 15.2. The SMILES string of the molecule is CC(NC(=O)c1ccc(Cl)cc1Cl)C1N=NC(=S)N1C. The van der Waals surface area contributed by atoms with E-state index in [0.29, 0.717) is 20.7 Å². The van der Waals surface area contributed by atoms with Gasteiger partial charge in [-0.25, -0.2) is 0 Å². The van der Waals surface area contributed by atoms with E-state index in [1.807, 2.05) is 6.92 Å². The Labute approximate surface area is 131 Å². The number of benzene rings is 1. The number of nitrogens with one attached hydrogen (secondary N) is 1. The van der Waals surface area contributed by atoms with Crippen LogP contribution in [0.4, 0.5) is 0 Å². The Morgan fingerprint density at radius 1 is 1.50 bits per heavy atom. The van der Waals surface area contributed by atoms with Gasteiger partial charge in [0.2, 0.25) is 5.11 Å². The molecule has 0 bridgehead atoms. The molecule has 0 aromatic heterocycles. The Kier molecular flexibility index (Phi) is 4.57. The van der Waals surface area contributed by atoms with E-state index >= 15 is 0 Å². The Hall–Kier alpha value is -1.24. The highest BCUT2D eigenvalue weighted by atomic mass is 35.5. The van der Waals surface area contributed by atoms with Crippen LogP contribution >= 0.6 is 35.4 Å². The first-order chi connectivity index (χ1) is 9.40. The molecule has 0 spiro atoms. The largest absolute Gasteiger partial charge is 0.345 e. The second-order valence-corrected chi connectivity index (χ2v) is 5.62. The van der Waals surface area contributed by atoms with Gasteiger partial charge in [0, 0.05) is 12.1 Å². The van der Waals surface area contributed by atoms with Gasteiger partial charge >= 0.3 is 0 Å². The summed E-state index contributed by atoms with van der Waals surface area (Å²) in [4.78, 5) is 13.9. The minimum Gasteiger partial charge on any atom is -0.345 e. The number of thiocarbonyl (C=S) groups is 1. The fourth-order valence-electron chi connectivity index (χ4n) is 1.84. The summed E-state index contributed by atoms with van der Waals surface area (Å²) in [5, 5.41) is 11.9. The third kappa shape index (κ3) is 3.08. The van der Waals surface area contributed by atoms with Crippen LogP contribution in [0.2, 0.25) is 10.0 Å². The Bertz CT molecular complexity index is 593. The van der Waals surface area contributed by atoms with Crippen LogP contribution in [0.5, 0.6) is 0 Å². The van der Waals surface area contributed by atoms with Crippen molar-refractivity contribution < 1.29 is 4.79 Å². The van der Waals surface area contributed by atoms with Crippen LogP contribution < -0.4 is 5.32 Å². The van der Waals surface area contributed by atoms with E-state index in [-0.39, 0.29) is 18.1 Å². The minimum atomic E-state index is -0.308. The standard InChI is InChI=1S/C12H12Cl2N4OS/c1-6(10-16-17-12(20)18(10)2)15-11(19)8-4-3-7(13)5-9(8)14/h3-6,10H,1-2H3,(H,15,19). The van der Waals surface area contributed by atoms with E-state index < -0.39 is 0 Å². The average Bonchev–Trinajstić information content (AvgIpc) is 2.69. The van der Waals surface area contributed by atoms with Crippen LogP contribution in [-0.2, 0) is 0 Å². The highest BCUT2D eigenvalue weighted by molar-refractivity contribution is 7.80. The molecule has 20 heavy (non-hydrogen) atoms. The smallest absolute Gasteiger partial charge is 0.253 e. The predicted octanol–water partition coefficient (Wildman–Crippen LogP) is 3.12. The maximum absolute atomic E-state index is 12.2. The molecule has 1 aliphatic heterocycles. The number of likely N-dealkylation sites (N-methyl/N-ethyl adjacent to an activating group) is 1. The first-order valence-electron chi connectivity index (χ1n) is 5.83. The van der Waals surface area contributed by atoms with Gasteiger partial charge < -0.3 is 10.2 Å². The number of amides is 1. The Balaban J connectivity index is 2.08. The van der Waals surface area contributed by atoms with Crippen molar-refractivity contribution in [2.75, 3.05) is 7.05 Å². The molecule has 2 rings (SSSR count). The van der Waals surface area contributed by atoms with Gasteiger partial charge in [-0.3, -0.25) is 4.79 Å².